The van der Waals surface area contributed by atoms with Gasteiger partial charge in [-0.05, 0) is 37.0 Å². The van der Waals surface area contributed by atoms with Crippen LogP contribution in [0.4, 0.5) is 18.9 Å². The predicted octanol–water partition coefficient (Wildman–Crippen LogP) is 1.90. The summed E-state index contributed by atoms with van der Waals surface area (Å²) >= 11 is 0. The lowest BCUT2D eigenvalue weighted by Gasteiger charge is -2.38. The van der Waals surface area contributed by atoms with Gasteiger partial charge < -0.3 is 9.64 Å². The van der Waals surface area contributed by atoms with Crippen LogP contribution in [0.1, 0.15) is 18.4 Å². The van der Waals surface area contributed by atoms with E-state index < -0.39 is 26.7 Å². The van der Waals surface area contributed by atoms with E-state index in [-0.39, 0.29) is 0 Å². The second-order valence-electron chi connectivity index (χ2n) is 7.09. The maximum Gasteiger partial charge on any atom is 0.417 e. The topological polar surface area (TPSA) is 75.9 Å². The number of halogens is 3. The summed E-state index contributed by atoms with van der Waals surface area (Å²) in [6.45, 7) is 5.34. The van der Waals surface area contributed by atoms with Crippen LogP contribution in [0.5, 0.6) is 0 Å². The molecule has 152 valence electrons. The van der Waals surface area contributed by atoms with Crippen molar-refractivity contribution in [2.75, 3.05) is 50.8 Å². The molecule has 0 saturated carbocycles. The molecule has 1 atom stereocenters. The maximum atomic E-state index is 13.4. The van der Waals surface area contributed by atoms with Gasteiger partial charge in [0.15, 0.2) is 0 Å². The molecule has 6 nitrogen and oxygen atoms in total. The van der Waals surface area contributed by atoms with Crippen molar-refractivity contribution in [1.82, 2.24) is 4.90 Å². The third kappa shape index (κ3) is 5.13. The van der Waals surface area contributed by atoms with Crippen molar-refractivity contribution in [2.24, 2.45) is 11.1 Å². The highest BCUT2D eigenvalue weighted by Crippen LogP contribution is 2.37. The zero-order valence-corrected chi connectivity index (χ0v) is 15.7. The second kappa shape index (κ2) is 7.94. The molecule has 0 radical (unpaired) electrons. The van der Waals surface area contributed by atoms with Crippen LogP contribution in [-0.4, -0.2) is 59.3 Å². The van der Waals surface area contributed by atoms with E-state index in [9.17, 15) is 21.6 Å². The Balaban J connectivity index is 1.78. The molecule has 0 bridgehead atoms. The van der Waals surface area contributed by atoms with E-state index in [0.717, 1.165) is 44.6 Å². The number of nitrogens with two attached hydrogens (primary N) is 1. The van der Waals surface area contributed by atoms with Gasteiger partial charge in [-0.3, -0.25) is 4.90 Å². The van der Waals surface area contributed by atoms with E-state index in [1.165, 1.54) is 6.07 Å². The van der Waals surface area contributed by atoms with Crippen molar-refractivity contribution in [3.05, 3.63) is 23.8 Å². The highest BCUT2D eigenvalue weighted by Gasteiger charge is 2.37. The summed E-state index contributed by atoms with van der Waals surface area (Å²) in [4.78, 5) is 3.33. The van der Waals surface area contributed by atoms with Crippen LogP contribution in [0.2, 0.25) is 0 Å². The standard InChI is InChI=1S/C17H24F3N3O3S/c18-17(19,20)15-10-14(3-4-16(15)27(21,24)25)23-5-1-2-13(12-23)11-22-6-8-26-9-7-22/h3-4,10,13H,1-2,5-9,11-12H2,(H2,21,24,25). The van der Waals surface area contributed by atoms with Crippen molar-refractivity contribution in [2.45, 2.75) is 23.9 Å². The molecule has 0 spiro atoms. The number of anilines is 1. The number of ether oxygens (including phenoxy) is 1. The van der Waals surface area contributed by atoms with Crippen molar-refractivity contribution in [3.63, 3.8) is 0 Å². The molecular weight excluding hydrogens is 383 g/mol. The normalized spacial score (nSPS) is 22.8. The second-order valence-corrected chi connectivity index (χ2v) is 8.62. The fourth-order valence-electron chi connectivity index (χ4n) is 3.78. The highest BCUT2D eigenvalue weighted by atomic mass is 32.2. The fourth-order valence-corrected chi connectivity index (χ4v) is 4.52. The molecule has 2 heterocycles. The molecule has 1 aromatic carbocycles. The minimum Gasteiger partial charge on any atom is -0.379 e. The number of piperidine rings is 1. The molecular formula is C17H24F3N3O3S. The van der Waals surface area contributed by atoms with Crippen LogP contribution in [0, 0.1) is 5.92 Å². The van der Waals surface area contributed by atoms with E-state index in [4.69, 9.17) is 9.88 Å². The van der Waals surface area contributed by atoms with Crippen molar-refractivity contribution < 1.29 is 26.3 Å². The van der Waals surface area contributed by atoms with Crippen LogP contribution in [0.15, 0.2) is 23.1 Å². The molecule has 0 aromatic heterocycles. The van der Waals surface area contributed by atoms with Gasteiger partial charge in [0.2, 0.25) is 10.0 Å². The summed E-state index contributed by atoms with van der Waals surface area (Å²) < 4.78 is 68.4. The smallest absolute Gasteiger partial charge is 0.379 e. The Morgan fingerprint density at radius 3 is 2.52 bits per heavy atom. The lowest BCUT2D eigenvalue weighted by molar-refractivity contribution is -0.139. The SMILES string of the molecule is NS(=O)(=O)c1ccc(N2CCCC(CN3CCOCC3)C2)cc1C(F)(F)F. The fraction of sp³-hybridized carbons (Fsp3) is 0.647. The van der Waals surface area contributed by atoms with E-state index >= 15 is 0 Å². The monoisotopic (exact) mass is 407 g/mol. The van der Waals surface area contributed by atoms with Gasteiger partial charge in [0.25, 0.3) is 0 Å². The third-order valence-electron chi connectivity index (χ3n) is 5.08. The number of primary sulfonamides is 1. The lowest BCUT2D eigenvalue weighted by Crippen LogP contribution is -2.44. The number of hydrogen-bond acceptors (Lipinski definition) is 5. The Morgan fingerprint density at radius 1 is 1.19 bits per heavy atom. The van der Waals surface area contributed by atoms with E-state index in [0.29, 0.717) is 37.9 Å². The molecule has 2 aliphatic heterocycles. The molecule has 2 fully saturated rings. The number of nitrogens with zero attached hydrogens (tertiary/aromatic N) is 2. The average Bonchev–Trinajstić information content (AvgIpc) is 2.61. The van der Waals surface area contributed by atoms with Gasteiger partial charge >= 0.3 is 6.18 Å². The Labute approximate surface area is 157 Å². The molecule has 2 aliphatic rings. The van der Waals surface area contributed by atoms with Gasteiger partial charge in [0.05, 0.1) is 23.7 Å². The molecule has 2 N–H and O–H groups in total. The minimum atomic E-state index is -4.79. The van der Waals surface area contributed by atoms with Gasteiger partial charge in [0, 0.05) is 38.4 Å². The average molecular weight is 407 g/mol. The number of rotatable bonds is 4. The van der Waals surface area contributed by atoms with Crippen LogP contribution in [0.25, 0.3) is 0 Å². The first kappa shape index (κ1) is 20.4. The third-order valence-corrected chi connectivity index (χ3v) is 6.05. The summed E-state index contributed by atoms with van der Waals surface area (Å²) in [5.41, 5.74) is -0.834. The zero-order chi connectivity index (χ0) is 19.7. The summed E-state index contributed by atoms with van der Waals surface area (Å²) in [5.74, 6) is 0.351. The number of benzene rings is 1. The van der Waals surface area contributed by atoms with E-state index in [1.807, 2.05) is 4.90 Å². The Kier molecular flexibility index (Phi) is 5.99. The van der Waals surface area contributed by atoms with Crippen LogP contribution in [0.3, 0.4) is 0 Å². The first-order valence-corrected chi connectivity index (χ1v) is 10.5. The molecule has 0 amide bonds. The molecule has 10 heteroatoms. The predicted molar refractivity (Wildman–Crippen MR) is 95.0 cm³/mol. The van der Waals surface area contributed by atoms with Crippen molar-refractivity contribution >= 4 is 15.7 Å². The number of morpholine rings is 1. The van der Waals surface area contributed by atoms with Crippen LogP contribution < -0.4 is 10.0 Å². The zero-order valence-electron chi connectivity index (χ0n) is 14.9. The largest absolute Gasteiger partial charge is 0.417 e. The minimum absolute atomic E-state index is 0.351. The van der Waals surface area contributed by atoms with Crippen LogP contribution in [-0.2, 0) is 20.9 Å². The summed E-state index contributed by atoms with van der Waals surface area (Å²) in [5, 5.41) is 4.95. The van der Waals surface area contributed by atoms with E-state index in [1.54, 1.807) is 0 Å². The first-order valence-electron chi connectivity index (χ1n) is 8.93. The summed E-state index contributed by atoms with van der Waals surface area (Å²) in [7, 11) is -4.45. The Bertz CT molecular complexity index is 764. The molecule has 1 unspecified atom stereocenters. The maximum absolute atomic E-state index is 13.4. The van der Waals surface area contributed by atoms with Gasteiger partial charge in [0.1, 0.15) is 0 Å². The van der Waals surface area contributed by atoms with Gasteiger partial charge in [-0.25, -0.2) is 13.6 Å². The molecule has 2 saturated heterocycles. The summed E-state index contributed by atoms with van der Waals surface area (Å²) in [6.07, 6.45) is -2.89. The number of alkyl halides is 3. The van der Waals surface area contributed by atoms with E-state index in [2.05, 4.69) is 4.90 Å². The van der Waals surface area contributed by atoms with Gasteiger partial charge in [-0.2, -0.15) is 13.2 Å². The molecule has 3 rings (SSSR count). The number of hydrogen-bond donors (Lipinski definition) is 1. The Hall–Kier alpha value is -1.36. The number of sulfonamides is 1. The molecule has 1 aromatic rings. The summed E-state index contributed by atoms with van der Waals surface area (Å²) in [6, 6.07) is 3.27. The highest BCUT2D eigenvalue weighted by molar-refractivity contribution is 7.89. The van der Waals surface area contributed by atoms with Crippen LogP contribution >= 0.6 is 0 Å². The van der Waals surface area contributed by atoms with Crippen molar-refractivity contribution in [3.8, 4) is 0 Å². The van der Waals surface area contributed by atoms with Gasteiger partial charge in [-0.1, -0.05) is 0 Å². The lowest BCUT2D eigenvalue weighted by atomic mass is 9.96. The molecule has 0 aliphatic carbocycles. The van der Waals surface area contributed by atoms with Crippen molar-refractivity contribution in [1.29, 1.82) is 0 Å². The Morgan fingerprint density at radius 2 is 1.89 bits per heavy atom. The first-order chi connectivity index (χ1) is 12.6. The quantitative estimate of drug-likeness (QED) is 0.825. The molecule has 27 heavy (non-hydrogen) atoms. The van der Waals surface area contributed by atoms with Gasteiger partial charge in [-0.15, -0.1) is 0 Å².